The monoisotopic (exact) mass is 269 g/mol. The van der Waals surface area contributed by atoms with E-state index >= 15 is 0 Å². The first-order valence-corrected chi connectivity index (χ1v) is 7.13. The molecule has 0 saturated heterocycles. The maximum absolute atomic E-state index is 12.1. The number of nitrogens with one attached hydrogen (secondary N) is 2. The van der Waals surface area contributed by atoms with Crippen molar-refractivity contribution < 1.29 is 8.42 Å². The molecule has 1 atom stereocenters. The van der Waals surface area contributed by atoms with Gasteiger partial charge in [-0.25, -0.2) is 13.1 Å². The Balaban J connectivity index is 2.92. The molecular weight excluding hydrogens is 250 g/mol. The Labute approximate surface area is 108 Å². The molecule has 0 aliphatic carbocycles. The highest BCUT2D eigenvalue weighted by molar-refractivity contribution is 7.89. The molecule has 5 nitrogen and oxygen atoms in total. The molecule has 0 radical (unpaired) electrons. The van der Waals surface area contributed by atoms with Crippen LogP contribution in [-0.4, -0.2) is 20.3 Å². The summed E-state index contributed by atoms with van der Waals surface area (Å²) < 4.78 is 26.6. The van der Waals surface area contributed by atoms with Gasteiger partial charge in [0.2, 0.25) is 10.0 Å². The number of nitrogens with two attached hydrogens (primary N) is 1. The van der Waals surface area contributed by atoms with Crippen LogP contribution in [0.3, 0.4) is 0 Å². The summed E-state index contributed by atoms with van der Waals surface area (Å²) in [6.45, 7) is 5.48. The van der Waals surface area contributed by atoms with Crippen molar-refractivity contribution in [2.24, 2.45) is 5.73 Å². The normalized spacial score (nSPS) is 13.3. The molecule has 0 aliphatic heterocycles. The van der Waals surface area contributed by atoms with Gasteiger partial charge >= 0.3 is 0 Å². The predicted molar refractivity (Wildman–Crippen MR) is 72.2 cm³/mol. The molecule has 0 fully saturated rings. The zero-order chi connectivity index (χ0) is 13.9. The van der Waals surface area contributed by atoms with Gasteiger partial charge in [0, 0.05) is 12.5 Å². The van der Waals surface area contributed by atoms with Gasteiger partial charge in [-0.15, -0.1) is 0 Å². The van der Waals surface area contributed by atoms with E-state index in [1.165, 1.54) is 0 Å². The molecule has 0 heterocycles. The molecule has 0 aliphatic rings. The van der Waals surface area contributed by atoms with E-state index in [-0.39, 0.29) is 17.2 Å². The highest BCUT2D eigenvalue weighted by Crippen LogP contribution is 2.15. The van der Waals surface area contributed by atoms with Gasteiger partial charge in [0.05, 0.1) is 10.7 Å². The van der Waals surface area contributed by atoms with Crippen LogP contribution in [-0.2, 0) is 10.0 Å². The highest BCUT2D eigenvalue weighted by atomic mass is 32.2. The molecule has 1 aromatic rings. The molecule has 4 N–H and O–H groups in total. The van der Waals surface area contributed by atoms with Crippen molar-refractivity contribution in [1.82, 2.24) is 4.72 Å². The van der Waals surface area contributed by atoms with Crippen LogP contribution in [0.1, 0.15) is 24.5 Å². The molecule has 1 aromatic carbocycles. The number of hydrogen-bond donors (Lipinski definition) is 3. The second-order valence-corrected chi connectivity index (χ2v) is 6.21. The van der Waals surface area contributed by atoms with Crippen molar-refractivity contribution in [3.05, 3.63) is 29.3 Å². The minimum absolute atomic E-state index is 0.0368. The maximum Gasteiger partial charge on any atom is 0.240 e. The standard InChI is InChI=1S/C12H19N3O2S/c1-8-4-5-11(6-9(8)2)18(16,17)15-10(3)7-12(13)14/h4-6,10,15H,7H2,1-3H3,(H3,13,14). The average Bonchev–Trinajstić information content (AvgIpc) is 2.19. The van der Waals surface area contributed by atoms with Gasteiger partial charge in [0.15, 0.2) is 0 Å². The van der Waals surface area contributed by atoms with Crippen LogP contribution in [0, 0.1) is 19.3 Å². The van der Waals surface area contributed by atoms with Crippen molar-refractivity contribution in [2.75, 3.05) is 0 Å². The van der Waals surface area contributed by atoms with Crippen LogP contribution in [0.4, 0.5) is 0 Å². The SMILES string of the molecule is Cc1ccc(S(=O)(=O)NC(C)CC(=N)N)cc1C. The molecule has 0 spiro atoms. The van der Waals surface area contributed by atoms with Gasteiger partial charge in [-0.2, -0.15) is 0 Å². The van der Waals surface area contributed by atoms with E-state index in [1.54, 1.807) is 25.1 Å². The fraction of sp³-hybridized carbons (Fsp3) is 0.417. The van der Waals surface area contributed by atoms with E-state index in [4.69, 9.17) is 11.1 Å². The summed E-state index contributed by atoms with van der Waals surface area (Å²) in [6, 6.07) is 4.59. The van der Waals surface area contributed by atoms with Crippen LogP contribution in [0.5, 0.6) is 0 Å². The Hall–Kier alpha value is -1.40. The van der Waals surface area contributed by atoms with Crippen molar-refractivity contribution in [2.45, 2.75) is 38.1 Å². The van der Waals surface area contributed by atoms with E-state index in [0.29, 0.717) is 0 Å². The lowest BCUT2D eigenvalue weighted by atomic mass is 10.1. The number of hydrogen-bond acceptors (Lipinski definition) is 3. The second-order valence-electron chi connectivity index (χ2n) is 4.50. The Bertz CT molecular complexity index is 552. The predicted octanol–water partition coefficient (Wildman–Crippen LogP) is 1.30. The summed E-state index contributed by atoms with van der Waals surface area (Å²) in [7, 11) is -3.55. The first-order chi connectivity index (χ1) is 8.22. The van der Waals surface area contributed by atoms with Gasteiger partial charge in [0.1, 0.15) is 0 Å². The summed E-state index contributed by atoms with van der Waals surface area (Å²) in [6.07, 6.45) is 0.198. The number of sulfonamides is 1. The molecule has 18 heavy (non-hydrogen) atoms. The van der Waals surface area contributed by atoms with Crippen molar-refractivity contribution in [1.29, 1.82) is 5.41 Å². The van der Waals surface area contributed by atoms with Gasteiger partial charge in [0.25, 0.3) is 0 Å². The van der Waals surface area contributed by atoms with Crippen molar-refractivity contribution >= 4 is 15.9 Å². The summed E-state index contributed by atoms with van der Waals surface area (Å²) in [4.78, 5) is 0.237. The summed E-state index contributed by atoms with van der Waals surface area (Å²) in [5.74, 6) is -0.0368. The summed E-state index contributed by atoms with van der Waals surface area (Å²) in [5, 5.41) is 7.14. The van der Waals surface area contributed by atoms with Gasteiger partial charge in [-0.1, -0.05) is 6.07 Å². The third-order valence-corrected chi connectivity index (χ3v) is 4.26. The van der Waals surface area contributed by atoms with E-state index in [2.05, 4.69) is 4.72 Å². The fourth-order valence-electron chi connectivity index (χ4n) is 1.59. The average molecular weight is 269 g/mol. The van der Waals surface area contributed by atoms with E-state index in [0.717, 1.165) is 11.1 Å². The maximum atomic E-state index is 12.1. The minimum Gasteiger partial charge on any atom is -0.388 e. The Morgan fingerprint density at radius 3 is 2.50 bits per heavy atom. The second kappa shape index (κ2) is 5.49. The fourth-order valence-corrected chi connectivity index (χ4v) is 2.91. The smallest absolute Gasteiger partial charge is 0.240 e. The van der Waals surface area contributed by atoms with Crippen molar-refractivity contribution in [3.63, 3.8) is 0 Å². The molecule has 1 rings (SSSR count). The zero-order valence-corrected chi connectivity index (χ0v) is 11.6. The first-order valence-electron chi connectivity index (χ1n) is 5.65. The molecule has 0 amide bonds. The lowest BCUT2D eigenvalue weighted by molar-refractivity contribution is 0.564. The van der Waals surface area contributed by atoms with Gasteiger partial charge < -0.3 is 5.73 Å². The van der Waals surface area contributed by atoms with Gasteiger partial charge in [-0.3, -0.25) is 5.41 Å². The van der Waals surface area contributed by atoms with E-state index in [9.17, 15) is 8.42 Å². The lowest BCUT2D eigenvalue weighted by Gasteiger charge is -2.14. The third-order valence-electron chi connectivity index (χ3n) is 2.67. The van der Waals surface area contributed by atoms with E-state index in [1.807, 2.05) is 13.8 Å². The van der Waals surface area contributed by atoms with Crippen LogP contribution < -0.4 is 10.5 Å². The largest absolute Gasteiger partial charge is 0.388 e. The molecule has 6 heteroatoms. The minimum atomic E-state index is -3.55. The third kappa shape index (κ3) is 3.82. The van der Waals surface area contributed by atoms with Crippen molar-refractivity contribution in [3.8, 4) is 0 Å². The zero-order valence-electron chi connectivity index (χ0n) is 10.8. The topological polar surface area (TPSA) is 96.0 Å². The Morgan fingerprint density at radius 2 is 2.00 bits per heavy atom. The van der Waals surface area contributed by atoms with Crippen LogP contribution in [0.15, 0.2) is 23.1 Å². The summed E-state index contributed by atoms with van der Waals surface area (Å²) in [5.41, 5.74) is 7.22. The number of aryl methyl sites for hydroxylation is 2. The van der Waals surface area contributed by atoms with E-state index < -0.39 is 16.1 Å². The molecular formula is C12H19N3O2S. The summed E-state index contributed by atoms with van der Waals surface area (Å²) >= 11 is 0. The Morgan fingerprint density at radius 1 is 1.39 bits per heavy atom. The highest BCUT2D eigenvalue weighted by Gasteiger charge is 2.18. The molecule has 0 bridgehead atoms. The number of amidine groups is 1. The Kier molecular flexibility index (Phi) is 4.48. The quantitative estimate of drug-likeness (QED) is 0.555. The molecule has 0 aromatic heterocycles. The number of benzene rings is 1. The first kappa shape index (κ1) is 14.7. The number of rotatable bonds is 5. The van der Waals surface area contributed by atoms with Crippen LogP contribution >= 0.6 is 0 Å². The molecule has 1 unspecified atom stereocenters. The molecule has 100 valence electrons. The van der Waals surface area contributed by atoms with Crippen LogP contribution in [0.25, 0.3) is 0 Å². The van der Waals surface area contributed by atoms with Gasteiger partial charge in [-0.05, 0) is 44.0 Å². The molecule has 0 saturated carbocycles. The van der Waals surface area contributed by atoms with Crippen LogP contribution in [0.2, 0.25) is 0 Å². The lowest BCUT2D eigenvalue weighted by Crippen LogP contribution is -2.35.